The van der Waals surface area contributed by atoms with Crippen molar-refractivity contribution in [3.05, 3.63) is 65.0 Å². The molecule has 3 rings (SSSR count). The van der Waals surface area contributed by atoms with Gasteiger partial charge >= 0.3 is 0 Å². The van der Waals surface area contributed by atoms with Crippen LogP contribution >= 0.6 is 0 Å². The van der Waals surface area contributed by atoms with E-state index in [2.05, 4.69) is 20.5 Å². The van der Waals surface area contributed by atoms with Gasteiger partial charge in [-0.25, -0.2) is 4.39 Å². The Labute approximate surface area is 170 Å². The number of aliphatic imine (C=N–C) groups is 1. The first-order chi connectivity index (χ1) is 14.0. The summed E-state index contributed by atoms with van der Waals surface area (Å²) in [6.07, 6.45) is 0. The van der Waals surface area contributed by atoms with Crippen molar-refractivity contribution in [2.45, 2.75) is 13.8 Å². The summed E-state index contributed by atoms with van der Waals surface area (Å²) in [5.74, 6) is -0.221. The number of aryl methyl sites for hydroxylation is 2. The van der Waals surface area contributed by atoms with E-state index in [-0.39, 0.29) is 11.7 Å². The van der Waals surface area contributed by atoms with Gasteiger partial charge in [0.15, 0.2) is 0 Å². The first-order valence-corrected chi connectivity index (χ1v) is 9.77. The molecule has 1 heterocycles. The predicted molar refractivity (Wildman–Crippen MR) is 113 cm³/mol. The Hall–Kier alpha value is -2.77. The van der Waals surface area contributed by atoms with Gasteiger partial charge in [0.1, 0.15) is 5.82 Å². The van der Waals surface area contributed by atoms with Crippen LogP contribution in [-0.4, -0.2) is 56.2 Å². The monoisotopic (exact) mass is 398 g/mol. The molecule has 1 amide bonds. The molecule has 6 nitrogen and oxygen atoms in total. The maximum atomic E-state index is 13.2. The summed E-state index contributed by atoms with van der Waals surface area (Å²) < 4.78 is 18.5. The van der Waals surface area contributed by atoms with E-state index in [1.807, 2.05) is 26.0 Å². The Morgan fingerprint density at radius 3 is 2.52 bits per heavy atom. The van der Waals surface area contributed by atoms with Gasteiger partial charge in [0.2, 0.25) is 5.96 Å². The van der Waals surface area contributed by atoms with Gasteiger partial charge in [-0.3, -0.25) is 20.0 Å². The average Bonchev–Trinajstić information content (AvgIpc) is 2.72. The van der Waals surface area contributed by atoms with Crippen molar-refractivity contribution in [3.8, 4) is 0 Å². The Bertz CT molecular complexity index is 862. The molecule has 0 aromatic heterocycles. The highest BCUT2D eigenvalue weighted by Crippen LogP contribution is 2.11. The minimum Gasteiger partial charge on any atom is -0.379 e. The number of anilines is 1. The van der Waals surface area contributed by atoms with Crippen LogP contribution in [0, 0.1) is 19.7 Å². The van der Waals surface area contributed by atoms with Crippen LogP contribution in [0.4, 0.5) is 10.1 Å². The lowest BCUT2D eigenvalue weighted by Gasteiger charge is -2.25. The van der Waals surface area contributed by atoms with E-state index >= 15 is 0 Å². The van der Waals surface area contributed by atoms with Gasteiger partial charge in [0.05, 0.1) is 19.8 Å². The molecule has 1 fully saturated rings. The Morgan fingerprint density at radius 1 is 1.10 bits per heavy atom. The van der Waals surface area contributed by atoms with Crippen LogP contribution in [0.2, 0.25) is 0 Å². The third-order valence-corrected chi connectivity index (χ3v) is 4.90. The molecule has 0 atom stereocenters. The van der Waals surface area contributed by atoms with Crippen LogP contribution < -0.4 is 10.6 Å². The zero-order valence-electron chi connectivity index (χ0n) is 16.9. The number of ether oxygens (including phenoxy) is 1. The summed E-state index contributed by atoms with van der Waals surface area (Å²) in [5, 5.41) is 5.92. The molecule has 1 aliphatic heterocycles. The average molecular weight is 398 g/mol. The van der Waals surface area contributed by atoms with Gasteiger partial charge in [-0.05, 0) is 61.4 Å². The number of nitrogens with one attached hydrogen (secondary N) is 2. The van der Waals surface area contributed by atoms with E-state index in [0.29, 0.717) is 23.8 Å². The molecule has 1 saturated heterocycles. The number of nitrogens with zero attached hydrogens (tertiary/aromatic N) is 2. The SMILES string of the molecule is Cc1ccc(C(=O)NC(=NCCN2CCOCC2)Nc2ccc(F)cc2)cc1C. The molecular weight excluding hydrogens is 371 g/mol. The van der Waals surface area contributed by atoms with E-state index in [4.69, 9.17) is 4.74 Å². The number of benzene rings is 2. The molecule has 1 aliphatic rings. The van der Waals surface area contributed by atoms with Gasteiger partial charge < -0.3 is 10.1 Å². The van der Waals surface area contributed by atoms with Gasteiger partial charge in [0, 0.05) is 30.9 Å². The standard InChI is InChI=1S/C22H27FN4O2/c1-16-3-4-18(15-17(16)2)21(28)26-22(25-20-7-5-19(23)6-8-20)24-9-10-27-11-13-29-14-12-27/h3-8,15H,9-14H2,1-2H3,(H2,24,25,26,28). The number of halogens is 1. The van der Waals surface area contributed by atoms with E-state index in [1.165, 1.54) is 12.1 Å². The van der Waals surface area contributed by atoms with E-state index < -0.39 is 0 Å². The molecular formula is C22H27FN4O2. The molecule has 0 spiro atoms. The molecule has 0 radical (unpaired) electrons. The van der Waals surface area contributed by atoms with Crippen LogP contribution in [0.3, 0.4) is 0 Å². The zero-order valence-corrected chi connectivity index (χ0v) is 16.9. The third kappa shape index (κ3) is 6.37. The highest BCUT2D eigenvalue weighted by atomic mass is 19.1. The summed E-state index contributed by atoms with van der Waals surface area (Å²) in [7, 11) is 0. The fourth-order valence-corrected chi connectivity index (χ4v) is 2.97. The molecule has 0 aliphatic carbocycles. The number of hydrogen-bond acceptors (Lipinski definition) is 4. The van der Waals surface area contributed by atoms with Gasteiger partial charge in [-0.15, -0.1) is 0 Å². The van der Waals surface area contributed by atoms with Gasteiger partial charge in [-0.2, -0.15) is 0 Å². The van der Waals surface area contributed by atoms with E-state index in [0.717, 1.165) is 44.0 Å². The number of hydrogen-bond donors (Lipinski definition) is 2. The Morgan fingerprint density at radius 2 is 1.83 bits per heavy atom. The van der Waals surface area contributed by atoms with Crippen molar-refractivity contribution in [1.29, 1.82) is 0 Å². The lowest BCUT2D eigenvalue weighted by atomic mass is 10.1. The number of morpholine rings is 1. The summed E-state index contributed by atoms with van der Waals surface area (Å²) in [6.45, 7) is 8.50. The number of amides is 1. The molecule has 154 valence electrons. The second-order valence-electron chi connectivity index (χ2n) is 7.07. The molecule has 2 aromatic carbocycles. The molecule has 29 heavy (non-hydrogen) atoms. The third-order valence-electron chi connectivity index (χ3n) is 4.90. The number of carbonyl (C=O) groups is 1. The minimum absolute atomic E-state index is 0.243. The summed E-state index contributed by atoms with van der Waals surface area (Å²) in [4.78, 5) is 19.5. The highest BCUT2D eigenvalue weighted by Gasteiger charge is 2.12. The van der Waals surface area contributed by atoms with Crippen LogP contribution in [0.25, 0.3) is 0 Å². The highest BCUT2D eigenvalue weighted by molar-refractivity contribution is 6.10. The van der Waals surface area contributed by atoms with Crippen molar-refractivity contribution in [1.82, 2.24) is 10.2 Å². The van der Waals surface area contributed by atoms with Crippen molar-refractivity contribution in [2.75, 3.05) is 44.7 Å². The van der Waals surface area contributed by atoms with Crippen molar-refractivity contribution in [3.63, 3.8) is 0 Å². The summed E-state index contributed by atoms with van der Waals surface area (Å²) >= 11 is 0. The number of carbonyl (C=O) groups excluding carboxylic acids is 1. The maximum Gasteiger partial charge on any atom is 0.257 e. The van der Waals surface area contributed by atoms with Crippen LogP contribution in [0.15, 0.2) is 47.5 Å². The van der Waals surface area contributed by atoms with Crippen LogP contribution in [-0.2, 0) is 4.74 Å². The van der Waals surface area contributed by atoms with Crippen LogP contribution in [0.5, 0.6) is 0 Å². The molecule has 2 N–H and O–H groups in total. The lowest BCUT2D eigenvalue weighted by Crippen LogP contribution is -2.39. The fourth-order valence-electron chi connectivity index (χ4n) is 2.97. The molecule has 0 unspecified atom stereocenters. The lowest BCUT2D eigenvalue weighted by molar-refractivity contribution is 0.0394. The summed E-state index contributed by atoms with van der Waals surface area (Å²) in [6, 6.07) is 11.5. The minimum atomic E-state index is -0.319. The largest absolute Gasteiger partial charge is 0.379 e. The predicted octanol–water partition coefficient (Wildman–Crippen LogP) is 2.97. The van der Waals surface area contributed by atoms with Crippen molar-refractivity contribution in [2.24, 2.45) is 4.99 Å². The topological polar surface area (TPSA) is 66.0 Å². The molecule has 7 heteroatoms. The van der Waals surface area contributed by atoms with Crippen molar-refractivity contribution >= 4 is 17.6 Å². The Kier molecular flexibility index (Phi) is 7.32. The first kappa shape index (κ1) is 21.0. The normalized spacial score (nSPS) is 15.2. The molecule has 0 saturated carbocycles. The molecule has 0 bridgehead atoms. The second kappa shape index (κ2) is 10.1. The van der Waals surface area contributed by atoms with Crippen LogP contribution in [0.1, 0.15) is 21.5 Å². The van der Waals surface area contributed by atoms with E-state index in [9.17, 15) is 9.18 Å². The number of rotatable bonds is 5. The smallest absolute Gasteiger partial charge is 0.257 e. The zero-order chi connectivity index (χ0) is 20.6. The fraction of sp³-hybridized carbons (Fsp3) is 0.364. The number of guanidine groups is 1. The summed E-state index contributed by atoms with van der Waals surface area (Å²) in [5.41, 5.74) is 3.40. The first-order valence-electron chi connectivity index (χ1n) is 9.77. The van der Waals surface area contributed by atoms with E-state index in [1.54, 1.807) is 18.2 Å². The quantitative estimate of drug-likeness (QED) is 0.600. The van der Waals surface area contributed by atoms with Gasteiger partial charge in [-0.1, -0.05) is 6.07 Å². The molecule has 2 aromatic rings. The maximum absolute atomic E-state index is 13.2. The van der Waals surface area contributed by atoms with Gasteiger partial charge in [0.25, 0.3) is 5.91 Å². The Balaban J connectivity index is 1.69. The second-order valence-corrected chi connectivity index (χ2v) is 7.07. The van der Waals surface area contributed by atoms with Crippen molar-refractivity contribution < 1.29 is 13.9 Å².